The number of hydrogen-bond acceptors (Lipinski definition) is 8. The molecule has 0 bridgehead atoms. The van der Waals surface area contributed by atoms with Crippen LogP contribution in [0.25, 0.3) is 0 Å². The summed E-state index contributed by atoms with van der Waals surface area (Å²) in [5, 5.41) is 35.1. The SMILES string of the molecule is NC(=O)CCC(NC(=O)C(N)Cc1ccccc1)C(=O)NC(CC(=O)O)C(=O)NC(Cc1ccc(O)cc1)C(=O)O. The van der Waals surface area contributed by atoms with E-state index in [0.717, 1.165) is 5.56 Å². The molecule has 0 aliphatic carbocycles. The van der Waals surface area contributed by atoms with E-state index in [4.69, 9.17) is 11.5 Å². The lowest BCUT2D eigenvalue weighted by atomic mass is 10.0. The minimum atomic E-state index is -1.73. The molecule has 4 atom stereocenters. The van der Waals surface area contributed by atoms with Crippen LogP contribution in [0.4, 0.5) is 0 Å². The third kappa shape index (κ3) is 11.3. The van der Waals surface area contributed by atoms with Gasteiger partial charge in [-0.3, -0.25) is 24.0 Å². The second-order valence-electron chi connectivity index (χ2n) is 9.29. The summed E-state index contributed by atoms with van der Waals surface area (Å²) in [6.07, 6.45) is -1.57. The number of phenolic OH excluding ortho intramolecular Hbond substituents is 1. The van der Waals surface area contributed by atoms with Gasteiger partial charge in [-0.2, -0.15) is 0 Å². The van der Waals surface area contributed by atoms with E-state index < -0.39 is 66.2 Å². The second kappa shape index (κ2) is 15.6. The van der Waals surface area contributed by atoms with Crippen LogP contribution in [0.2, 0.25) is 0 Å². The van der Waals surface area contributed by atoms with Crippen LogP contribution in [-0.4, -0.2) is 75.1 Å². The molecule has 4 amide bonds. The molecular weight excluding hydrogens is 538 g/mol. The molecule has 0 aromatic heterocycles. The van der Waals surface area contributed by atoms with Crippen LogP contribution in [0.5, 0.6) is 5.75 Å². The molecule has 4 unspecified atom stereocenters. The van der Waals surface area contributed by atoms with Crippen LogP contribution in [0.1, 0.15) is 30.4 Å². The van der Waals surface area contributed by atoms with Crippen LogP contribution in [-0.2, 0) is 41.6 Å². The van der Waals surface area contributed by atoms with E-state index in [1.807, 2.05) is 0 Å². The van der Waals surface area contributed by atoms with Crippen LogP contribution < -0.4 is 27.4 Å². The quantitative estimate of drug-likeness (QED) is 0.119. The van der Waals surface area contributed by atoms with E-state index in [1.165, 1.54) is 24.3 Å². The maximum atomic E-state index is 13.1. The number of primary amides is 1. The van der Waals surface area contributed by atoms with Crippen molar-refractivity contribution in [3.8, 4) is 5.75 Å². The fourth-order valence-electron chi connectivity index (χ4n) is 3.79. The number of rotatable bonds is 16. The van der Waals surface area contributed by atoms with Gasteiger partial charge in [0.1, 0.15) is 23.9 Å². The Morgan fingerprint density at radius 1 is 0.707 bits per heavy atom. The Balaban J connectivity index is 2.15. The number of hydrogen-bond donors (Lipinski definition) is 8. The van der Waals surface area contributed by atoms with Crippen molar-refractivity contribution in [1.29, 1.82) is 0 Å². The first-order valence-electron chi connectivity index (χ1n) is 12.6. The molecule has 10 N–H and O–H groups in total. The van der Waals surface area contributed by atoms with E-state index in [1.54, 1.807) is 30.3 Å². The Morgan fingerprint density at radius 3 is 1.80 bits per heavy atom. The van der Waals surface area contributed by atoms with Crippen molar-refractivity contribution in [2.45, 2.75) is 56.3 Å². The Bertz CT molecular complexity index is 1240. The van der Waals surface area contributed by atoms with Gasteiger partial charge in [0.2, 0.25) is 23.6 Å². The molecule has 0 radical (unpaired) electrons. The van der Waals surface area contributed by atoms with Gasteiger partial charge >= 0.3 is 11.9 Å². The van der Waals surface area contributed by atoms with Crippen LogP contribution in [0.15, 0.2) is 54.6 Å². The van der Waals surface area contributed by atoms with Gasteiger partial charge in [-0.15, -0.1) is 0 Å². The van der Waals surface area contributed by atoms with Crippen molar-refractivity contribution >= 4 is 35.6 Å². The Kier molecular flexibility index (Phi) is 12.2. The molecule has 2 aromatic carbocycles. The minimum Gasteiger partial charge on any atom is -0.508 e. The van der Waals surface area contributed by atoms with Crippen molar-refractivity contribution in [2.24, 2.45) is 11.5 Å². The normalized spacial score (nSPS) is 13.6. The lowest BCUT2D eigenvalue weighted by Crippen LogP contribution is -2.58. The number of carboxylic acid groups (broad SMARTS) is 2. The summed E-state index contributed by atoms with van der Waals surface area (Å²) >= 11 is 0. The van der Waals surface area contributed by atoms with Gasteiger partial charge < -0.3 is 42.7 Å². The van der Waals surface area contributed by atoms with Gasteiger partial charge in [-0.05, 0) is 36.1 Å². The molecule has 0 spiro atoms. The van der Waals surface area contributed by atoms with Crippen LogP contribution in [0, 0.1) is 0 Å². The third-order valence-corrected chi connectivity index (χ3v) is 5.95. The Hall–Kier alpha value is -4.98. The number of nitrogens with two attached hydrogens (primary N) is 2. The molecule has 14 nitrogen and oxygen atoms in total. The van der Waals surface area contributed by atoms with Crippen molar-refractivity contribution in [3.05, 3.63) is 65.7 Å². The first-order valence-corrected chi connectivity index (χ1v) is 12.6. The number of aliphatic carboxylic acids is 2. The molecule has 2 rings (SSSR count). The van der Waals surface area contributed by atoms with Gasteiger partial charge in [-0.1, -0.05) is 42.5 Å². The highest BCUT2D eigenvalue weighted by Gasteiger charge is 2.32. The number of phenols is 1. The number of carbonyl (C=O) groups excluding carboxylic acids is 4. The maximum absolute atomic E-state index is 13.1. The summed E-state index contributed by atoms with van der Waals surface area (Å²) in [7, 11) is 0. The molecule has 0 saturated heterocycles. The van der Waals surface area contributed by atoms with Gasteiger partial charge in [0.05, 0.1) is 12.5 Å². The first kappa shape index (κ1) is 32.2. The zero-order valence-electron chi connectivity index (χ0n) is 22.0. The average molecular weight is 572 g/mol. The standard InChI is InChI=1S/C27H33N5O9/c28-18(12-15-4-2-1-3-5-15)24(37)30-19(10-11-22(29)34)25(38)31-20(14-23(35)36)26(39)32-21(27(40)41)13-16-6-8-17(33)9-7-16/h1-9,18-21,33H,10-14,28H2,(H2,29,34)(H,30,37)(H,31,38)(H,32,39)(H,35,36)(H,40,41). The topological polar surface area (TPSA) is 251 Å². The molecule has 0 fully saturated rings. The minimum absolute atomic E-state index is 0.0482. The van der Waals surface area contributed by atoms with E-state index in [-0.39, 0.29) is 31.4 Å². The Labute approximate surface area is 235 Å². The summed E-state index contributed by atoms with van der Waals surface area (Å²) < 4.78 is 0. The summed E-state index contributed by atoms with van der Waals surface area (Å²) in [5.74, 6) is -6.57. The van der Waals surface area contributed by atoms with Crippen molar-refractivity contribution in [2.75, 3.05) is 0 Å². The van der Waals surface area contributed by atoms with E-state index >= 15 is 0 Å². The highest BCUT2D eigenvalue weighted by atomic mass is 16.4. The van der Waals surface area contributed by atoms with Crippen molar-refractivity contribution < 1.29 is 44.1 Å². The fraction of sp³-hybridized carbons (Fsp3) is 0.333. The molecule has 0 aliphatic rings. The Morgan fingerprint density at radius 2 is 1.24 bits per heavy atom. The lowest BCUT2D eigenvalue weighted by Gasteiger charge is -2.24. The van der Waals surface area contributed by atoms with Gasteiger partial charge in [0.15, 0.2) is 0 Å². The molecule has 2 aromatic rings. The smallest absolute Gasteiger partial charge is 0.326 e. The van der Waals surface area contributed by atoms with E-state index in [0.29, 0.717) is 5.56 Å². The first-order chi connectivity index (χ1) is 19.3. The molecule has 0 saturated carbocycles. The summed E-state index contributed by atoms with van der Waals surface area (Å²) in [6, 6.07) is 8.66. The molecular formula is C27H33N5O9. The fourth-order valence-corrected chi connectivity index (χ4v) is 3.79. The molecule has 14 heteroatoms. The number of carbonyl (C=O) groups is 6. The number of carboxylic acids is 2. The van der Waals surface area contributed by atoms with Crippen LogP contribution in [0.3, 0.4) is 0 Å². The maximum Gasteiger partial charge on any atom is 0.326 e. The van der Waals surface area contributed by atoms with Crippen LogP contribution >= 0.6 is 0 Å². The number of nitrogens with one attached hydrogen (secondary N) is 3. The highest BCUT2D eigenvalue weighted by molar-refractivity contribution is 5.95. The lowest BCUT2D eigenvalue weighted by molar-refractivity contribution is -0.143. The van der Waals surface area contributed by atoms with Gasteiger partial charge in [-0.25, -0.2) is 4.79 Å². The predicted molar refractivity (Wildman–Crippen MR) is 144 cm³/mol. The van der Waals surface area contributed by atoms with Gasteiger partial charge in [0.25, 0.3) is 0 Å². The molecule has 220 valence electrons. The van der Waals surface area contributed by atoms with Crippen molar-refractivity contribution in [3.63, 3.8) is 0 Å². The molecule has 41 heavy (non-hydrogen) atoms. The third-order valence-electron chi connectivity index (χ3n) is 5.95. The molecule has 0 heterocycles. The predicted octanol–water partition coefficient (Wildman–Crippen LogP) is -1.22. The number of aromatic hydroxyl groups is 1. The second-order valence-corrected chi connectivity index (χ2v) is 9.29. The van der Waals surface area contributed by atoms with Gasteiger partial charge in [0, 0.05) is 12.8 Å². The number of amides is 4. The largest absolute Gasteiger partial charge is 0.508 e. The molecule has 0 aliphatic heterocycles. The highest BCUT2D eigenvalue weighted by Crippen LogP contribution is 2.12. The summed E-state index contributed by atoms with van der Waals surface area (Å²) in [6.45, 7) is 0. The van der Waals surface area contributed by atoms with E-state index in [2.05, 4.69) is 16.0 Å². The summed E-state index contributed by atoms with van der Waals surface area (Å²) in [4.78, 5) is 73.3. The average Bonchev–Trinajstić information content (AvgIpc) is 2.91. The summed E-state index contributed by atoms with van der Waals surface area (Å²) in [5.41, 5.74) is 12.4. The monoisotopic (exact) mass is 571 g/mol. The van der Waals surface area contributed by atoms with Crippen molar-refractivity contribution in [1.82, 2.24) is 16.0 Å². The number of benzene rings is 2. The zero-order chi connectivity index (χ0) is 30.5. The zero-order valence-corrected chi connectivity index (χ0v) is 22.0. The van der Waals surface area contributed by atoms with E-state index in [9.17, 15) is 44.1 Å².